The van der Waals surface area contributed by atoms with Crippen LogP contribution in [0, 0.1) is 0 Å². The molecule has 0 N–H and O–H groups in total. The number of rotatable bonds is 15. The van der Waals surface area contributed by atoms with Gasteiger partial charge in [0.05, 0.1) is 20.3 Å². The Hall–Kier alpha value is -2.74. The smallest absolute Gasteiger partial charge is 0.261 e. The molecule has 1 aliphatic heterocycles. The molecule has 39 heavy (non-hydrogen) atoms. The van der Waals surface area contributed by atoms with Crippen LogP contribution in [-0.4, -0.2) is 53.6 Å². The second kappa shape index (κ2) is 13.6. The molecule has 0 aromatic heterocycles. The van der Waals surface area contributed by atoms with Gasteiger partial charge in [-0.2, -0.15) is 0 Å². The topological polar surface area (TPSA) is 49.5 Å². The fourth-order valence-corrected chi connectivity index (χ4v) is 9.74. The highest BCUT2D eigenvalue weighted by Crippen LogP contribution is 2.36. The standard InChI is InChI=1S/C33H42O5Si/c1-6-30(36-24-26-18-20-27(34-5)21-19-26)32(31-25-37-31)35-22-13-23-38-39(33(2,3)4,28-14-9-7-10-15-28)29-16-11-8-12-17-29/h6-12,14-21,30-32H,1,13,22-25H2,2-5H3/t30?,31-,32?/m1/s1. The fourth-order valence-electron chi connectivity index (χ4n) is 5.14. The molecular weight excluding hydrogens is 504 g/mol. The summed E-state index contributed by atoms with van der Waals surface area (Å²) in [6, 6.07) is 29.3. The summed E-state index contributed by atoms with van der Waals surface area (Å²) >= 11 is 0. The van der Waals surface area contributed by atoms with E-state index < -0.39 is 8.32 Å². The van der Waals surface area contributed by atoms with Crippen molar-refractivity contribution in [3.05, 3.63) is 103 Å². The Morgan fingerprint density at radius 2 is 1.49 bits per heavy atom. The van der Waals surface area contributed by atoms with Crippen molar-refractivity contribution in [1.82, 2.24) is 0 Å². The van der Waals surface area contributed by atoms with Crippen molar-refractivity contribution in [3.63, 3.8) is 0 Å². The first-order chi connectivity index (χ1) is 18.9. The first-order valence-electron chi connectivity index (χ1n) is 13.7. The molecule has 3 atom stereocenters. The van der Waals surface area contributed by atoms with E-state index in [1.54, 1.807) is 7.11 Å². The number of hydrogen-bond donors (Lipinski definition) is 0. The van der Waals surface area contributed by atoms with Crippen molar-refractivity contribution in [2.75, 3.05) is 26.9 Å². The molecule has 1 saturated heterocycles. The van der Waals surface area contributed by atoms with Gasteiger partial charge in [-0.1, -0.05) is 99.6 Å². The van der Waals surface area contributed by atoms with E-state index in [1.807, 2.05) is 30.3 Å². The molecule has 0 spiro atoms. The maximum absolute atomic E-state index is 7.00. The fraction of sp³-hybridized carbons (Fsp3) is 0.394. The molecule has 1 aliphatic rings. The molecule has 0 amide bonds. The van der Waals surface area contributed by atoms with Crippen LogP contribution in [0.4, 0.5) is 0 Å². The molecule has 3 aromatic carbocycles. The number of ether oxygens (including phenoxy) is 4. The number of epoxide rings is 1. The van der Waals surface area contributed by atoms with Crippen molar-refractivity contribution in [2.45, 2.75) is 57.1 Å². The van der Waals surface area contributed by atoms with Crippen LogP contribution in [0.25, 0.3) is 0 Å². The molecule has 6 heteroatoms. The second-order valence-electron chi connectivity index (χ2n) is 10.9. The minimum Gasteiger partial charge on any atom is -0.497 e. The van der Waals surface area contributed by atoms with Crippen LogP contribution in [0.2, 0.25) is 5.04 Å². The highest BCUT2D eigenvalue weighted by Gasteiger charge is 2.50. The normalized spacial score (nSPS) is 16.9. The van der Waals surface area contributed by atoms with Crippen LogP contribution in [0.3, 0.4) is 0 Å². The van der Waals surface area contributed by atoms with Gasteiger partial charge < -0.3 is 23.4 Å². The second-order valence-corrected chi connectivity index (χ2v) is 15.2. The van der Waals surface area contributed by atoms with Crippen molar-refractivity contribution in [2.24, 2.45) is 0 Å². The number of methoxy groups -OCH3 is 1. The Balaban J connectivity index is 1.38. The van der Waals surface area contributed by atoms with E-state index in [9.17, 15) is 0 Å². The van der Waals surface area contributed by atoms with Gasteiger partial charge in [0.25, 0.3) is 8.32 Å². The van der Waals surface area contributed by atoms with E-state index in [0.29, 0.717) is 26.4 Å². The van der Waals surface area contributed by atoms with Crippen molar-refractivity contribution < 1.29 is 23.4 Å². The zero-order chi connectivity index (χ0) is 27.7. The minimum absolute atomic E-state index is 0.0291. The zero-order valence-corrected chi connectivity index (χ0v) is 24.7. The lowest BCUT2D eigenvalue weighted by Gasteiger charge is -2.43. The summed E-state index contributed by atoms with van der Waals surface area (Å²) in [6.07, 6.45) is 2.15. The number of hydrogen-bond acceptors (Lipinski definition) is 5. The third-order valence-corrected chi connectivity index (χ3v) is 12.3. The molecule has 0 radical (unpaired) electrons. The van der Waals surface area contributed by atoms with Gasteiger partial charge in [-0.05, 0) is 39.5 Å². The summed E-state index contributed by atoms with van der Waals surface area (Å²) in [4.78, 5) is 0. The lowest BCUT2D eigenvalue weighted by atomic mass is 10.1. The highest BCUT2D eigenvalue weighted by molar-refractivity contribution is 6.99. The summed E-state index contributed by atoms with van der Waals surface area (Å²) < 4.78 is 30.4. The van der Waals surface area contributed by atoms with Gasteiger partial charge in [0.1, 0.15) is 24.1 Å². The first-order valence-corrected chi connectivity index (χ1v) is 15.6. The van der Waals surface area contributed by atoms with Gasteiger partial charge in [-0.25, -0.2) is 0 Å². The highest BCUT2D eigenvalue weighted by atomic mass is 28.4. The summed E-state index contributed by atoms with van der Waals surface area (Å²) in [5.41, 5.74) is 1.07. The van der Waals surface area contributed by atoms with E-state index in [1.165, 1.54) is 10.4 Å². The van der Waals surface area contributed by atoms with Crippen LogP contribution in [-0.2, 0) is 25.2 Å². The molecule has 3 aromatic rings. The predicted molar refractivity (Wildman–Crippen MR) is 159 cm³/mol. The minimum atomic E-state index is -2.55. The largest absolute Gasteiger partial charge is 0.497 e. The van der Waals surface area contributed by atoms with Crippen molar-refractivity contribution >= 4 is 18.7 Å². The van der Waals surface area contributed by atoms with Crippen molar-refractivity contribution in [1.29, 1.82) is 0 Å². The third-order valence-electron chi connectivity index (χ3n) is 7.22. The molecule has 1 heterocycles. The average Bonchev–Trinajstić information content (AvgIpc) is 3.80. The molecule has 0 saturated carbocycles. The van der Waals surface area contributed by atoms with Gasteiger partial charge >= 0.3 is 0 Å². The van der Waals surface area contributed by atoms with Gasteiger partial charge in [0.15, 0.2) is 0 Å². The molecule has 5 nitrogen and oxygen atoms in total. The lowest BCUT2D eigenvalue weighted by molar-refractivity contribution is -0.0702. The maximum atomic E-state index is 7.00. The van der Waals surface area contributed by atoms with Crippen molar-refractivity contribution in [3.8, 4) is 5.75 Å². The Morgan fingerprint density at radius 1 is 0.897 bits per heavy atom. The monoisotopic (exact) mass is 546 g/mol. The average molecular weight is 547 g/mol. The third kappa shape index (κ3) is 7.27. The lowest BCUT2D eigenvalue weighted by Crippen LogP contribution is -2.66. The Labute approximate surface area is 234 Å². The summed E-state index contributed by atoms with van der Waals surface area (Å²) in [6.45, 7) is 13.2. The molecule has 2 unspecified atom stereocenters. The predicted octanol–water partition coefficient (Wildman–Crippen LogP) is 5.52. The quantitative estimate of drug-likeness (QED) is 0.109. The Kier molecular flexibility index (Phi) is 10.2. The van der Waals surface area contributed by atoms with Gasteiger partial charge in [-0.3, -0.25) is 0 Å². The van der Waals surface area contributed by atoms with E-state index in [2.05, 4.69) is 88.0 Å². The van der Waals surface area contributed by atoms with Crippen LogP contribution >= 0.6 is 0 Å². The van der Waals surface area contributed by atoms with Gasteiger partial charge in [-0.15, -0.1) is 6.58 Å². The van der Waals surface area contributed by atoms with Crippen LogP contribution in [0.15, 0.2) is 97.6 Å². The molecule has 1 fully saturated rings. The number of benzene rings is 3. The van der Waals surface area contributed by atoms with E-state index in [-0.39, 0.29) is 23.4 Å². The van der Waals surface area contributed by atoms with Crippen LogP contribution in [0.1, 0.15) is 32.8 Å². The Morgan fingerprint density at radius 3 is 1.97 bits per heavy atom. The molecular formula is C33H42O5Si. The molecule has 208 valence electrons. The SMILES string of the molecule is C=CC(OCc1ccc(OC)cc1)C(OCCCO[Si](c1ccccc1)(c1ccccc1)C(C)(C)C)[C@H]1CO1. The molecule has 4 rings (SSSR count). The van der Waals surface area contributed by atoms with Crippen LogP contribution in [0.5, 0.6) is 5.75 Å². The van der Waals surface area contributed by atoms with Gasteiger partial charge in [0, 0.05) is 13.2 Å². The maximum Gasteiger partial charge on any atom is 0.261 e. The summed E-state index contributed by atoms with van der Waals surface area (Å²) in [5.74, 6) is 0.826. The Bertz CT molecular complexity index is 1100. The molecule has 0 aliphatic carbocycles. The summed E-state index contributed by atoms with van der Waals surface area (Å²) in [7, 11) is -0.889. The van der Waals surface area contributed by atoms with E-state index in [4.69, 9.17) is 23.4 Å². The summed E-state index contributed by atoms with van der Waals surface area (Å²) in [5, 5.41) is 2.52. The first kappa shape index (κ1) is 29.2. The van der Waals surface area contributed by atoms with E-state index in [0.717, 1.165) is 17.7 Å². The zero-order valence-electron chi connectivity index (χ0n) is 23.7. The molecule has 0 bridgehead atoms. The van der Waals surface area contributed by atoms with Gasteiger partial charge in [0.2, 0.25) is 0 Å². The van der Waals surface area contributed by atoms with E-state index >= 15 is 0 Å². The van der Waals surface area contributed by atoms with Crippen LogP contribution < -0.4 is 15.1 Å².